The molecule has 5 heteroatoms. The van der Waals surface area contributed by atoms with Crippen molar-refractivity contribution in [3.63, 3.8) is 0 Å². The molecule has 0 aromatic heterocycles. The average Bonchev–Trinajstić information content (AvgIpc) is 2.33. The summed E-state index contributed by atoms with van der Waals surface area (Å²) in [4.78, 5) is 21.3. The predicted octanol–water partition coefficient (Wildman–Crippen LogP) is 1.22. The van der Waals surface area contributed by atoms with E-state index in [1.807, 2.05) is 30.3 Å². The molecule has 0 saturated carbocycles. The van der Waals surface area contributed by atoms with Crippen molar-refractivity contribution in [2.75, 3.05) is 13.2 Å². The molecule has 0 atom stereocenters. The number of carbonyl (C=O) groups excluding carboxylic acids is 1. The Kier molecular flexibility index (Phi) is 5.74. The van der Waals surface area contributed by atoms with Crippen molar-refractivity contribution in [1.29, 1.82) is 0 Å². The highest BCUT2D eigenvalue weighted by Crippen LogP contribution is 2.00. The first kappa shape index (κ1) is 13.2. The maximum Gasteiger partial charge on any atom is 0.332 e. The van der Waals surface area contributed by atoms with Gasteiger partial charge in [-0.2, -0.15) is 0 Å². The lowest BCUT2D eigenvalue weighted by Gasteiger charge is -2.05. The van der Waals surface area contributed by atoms with Gasteiger partial charge in [0.15, 0.2) is 0 Å². The van der Waals surface area contributed by atoms with E-state index in [-0.39, 0.29) is 26.2 Å². The largest absolute Gasteiger partial charge is 0.481 e. The minimum atomic E-state index is -0.956. The Bertz CT molecular complexity index is 360. The van der Waals surface area contributed by atoms with Gasteiger partial charge in [0, 0.05) is 0 Å². The molecule has 1 N–H and O–H groups in total. The number of ether oxygens (including phenoxy) is 2. The van der Waals surface area contributed by atoms with Crippen molar-refractivity contribution < 1.29 is 24.2 Å². The number of carboxylic acids is 1. The summed E-state index contributed by atoms with van der Waals surface area (Å²) in [6.45, 7) is -0.0160. The molecule has 0 spiro atoms. The van der Waals surface area contributed by atoms with Crippen LogP contribution in [0.3, 0.4) is 0 Å². The molecule has 0 fully saturated rings. The molecule has 0 saturated heterocycles. The monoisotopic (exact) mass is 238 g/mol. The number of hydrogen-bond donors (Lipinski definition) is 1. The Labute approximate surface area is 99.0 Å². The summed E-state index contributed by atoms with van der Waals surface area (Å²) in [5.41, 5.74) is 0.895. The van der Waals surface area contributed by atoms with Crippen LogP contribution in [0.15, 0.2) is 30.3 Å². The fourth-order valence-electron chi connectivity index (χ4n) is 1.09. The highest BCUT2D eigenvalue weighted by atomic mass is 16.6. The number of carboxylic acid groups (broad SMARTS) is 1. The lowest BCUT2D eigenvalue weighted by molar-refractivity contribution is -0.151. The molecule has 17 heavy (non-hydrogen) atoms. The molecule has 0 unspecified atom stereocenters. The Balaban J connectivity index is 2.11. The maximum atomic E-state index is 11.2. The zero-order chi connectivity index (χ0) is 12.5. The Morgan fingerprint density at radius 3 is 2.53 bits per heavy atom. The van der Waals surface area contributed by atoms with Crippen LogP contribution < -0.4 is 0 Å². The smallest absolute Gasteiger partial charge is 0.332 e. The zero-order valence-electron chi connectivity index (χ0n) is 9.30. The topological polar surface area (TPSA) is 72.8 Å². The van der Waals surface area contributed by atoms with E-state index in [4.69, 9.17) is 14.6 Å². The maximum absolute atomic E-state index is 11.2. The number of esters is 1. The summed E-state index contributed by atoms with van der Waals surface area (Å²) in [6.07, 6.45) is -0.119. The summed E-state index contributed by atoms with van der Waals surface area (Å²) in [5, 5.41) is 8.33. The van der Waals surface area contributed by atoms with E-state index in [0.29, 0.717) is 0 Å². The van der Waals surface area contributed by atoms with Crippen LogP contribution in [0.2, 0.25) is 0 Å². The fraction of sp³-hybridized carbons (Fsp3) is 0.333. The van der Waals surface area contributed by atoms with Crippen molar-refractivity contribution in [2.24, 2.45) is 0 Å². The van der Waals surface area contributed by atoms with Crippen LogP contribution in [0.25, 0.3) is 0 Å². The standard InChI is InChI=1S/C12H14O5/c13-11(14)6-7-16-9-12(15)17-8-10-4-2-1-3-5-10/h1-5H,6-9H2,(H,13,14). The molecule has 5 nitrogen and oxygen atoms in total. The van der Waals surface area contributed by atoms with Crippen LogP contribution in [0.5, 0.6) is 0 Å². The average molecular weight is 238 g/mol. The van der Waals surface area contributed by atoms with Crippen LogP contribution in [-0.4, -0.2) is 30.3 Å². The summed E-state index contributed by atoms with van der Waals surface area (Å²) >= 11 is 0. The molecular formula is C12H14O5. The SMILES string of the molecule is O=C(O)CCOCC(=O)OCc1ccccc1. The second-order valence-corrected chi connectivity index (χ2v) is 3.34. The molecule has 0 aliphatic rings. The van der Waals surface area contributed by atoms with Gasteiger partial charge in [0.05, 0.1) is 13.0 Å². The Morgan fingerprint density at radius 2 is 1.88 bits per heavy atom. The van der Waals surface area contributed by atoms with E-state index < -0.39 is 11.9 Å². The Morgan fingerprint density at radius 1 is 1.18 bits per heavy atom. The van der Waals surface area contributed by atoms with Gasteiger partial charge in [0.2, 0.25) is 0 Å². The van der Waals surface area contributed by atoms with E-state index >= 15 is 0 Å². The van der Waals surface area contributed by atoms with E-state index in [0.717, 1.165) is 5.56 Å². The number of aliphatic carboxylic acids is 1. The molecule has 0 radical (unpaired) electrons. The summed E-state index contributed by atoms with van der Waals surface area (Å²) in [6, 6.07) is 9.27. The molecule has 0 aliphatic carbocycles. The van der Waals surface area contributed by atoms with Crippen LogP contribution >= 0.6 is 0 Å². The third kappa shape index (κ3) is 6.32. The van der Waals surface area contributed by atoms with Crippen LogP contribution in [0, 0.1) is 0 Å². The summed E-state index contributed by atoms with van der Waals surface area (Å²) in [7, 11) is 0. The van der Waals surface area contributed by atoms with Gasteiger partial charge in [-0.1, -0.05) is 30.3 Å². The molecule has 0 heterocycles. The highest BCUT2D eigenvalue weighted by molar-refractivity contribution is 5.70. The highest BCUT2D eigenvalue weighted by Gasteiger charge is 2.04. The molecule has 92 valence electrons. The molecule has 0 bridgehead atoms. The van der Waals surface area contributed by atoms with Crippen molar-refractivity contribution in [3.8, 4) is 0 Å². The number of rotatable bonds is 7. The van der Waals surface area contributed by atoms with Crippen molar-refractivity contribution in [3.05, 3.63) is 35.9 Å². The van der Waals surface area contributed by atoms with Crippen molar-refractivity contribution in [2.45, 2.75) is 13.0 Å². The van der Waals surface area contributed by atoms with Gasteiger partial charge in [0.1, 0.15) is 13.2 Å². The molecule has 1 aromatic rings. The van der Waals surface area contributed by atoms with Crippen LogP contribution in [0.4, 0.5) is 0 Å². The van der Waals surface area contributed by atoms with E-state index in [1.165, 1.54) is 0 Å². The first-order chi connectivity index (χ1) is 8.18. The van der Waals surface area contributed by atoms with E-state index in [9.17, 15) is 9.59 Å². The molecule has 0 amide bonds. The van der Waals surface area contributed by atoms with Gasteiger partial charge < -0.3 is 14.6 Å². The molecule has 0 aliphatic heterocycles. The first-order valence-corrected chi connectivity index (χ1v) is 5.17. The first-order valence-electron chi connectivity index (χ1n) is 5.17. The van der Waals surface area contributed by atoms with E-state index in [2.05, 4.69) is 0 Å². The third-order valence-electron chi connectivity index (χ3n) is 1.92. The number of carbonyl (C=O) groups is 2. The predicted molar refractivity (Wildman–Crippen MR) is 59.3 cm³/mol. The number of benzene rings is 1. The van der Waals surface area contributed by atoms with Gasteiger partial charge in [-0.15, -0.1) is 0 Å². The zero-order valence-corrected chi connectivity index (χ0v) is 9.30. The Hall–Kier alpha value is -1.88. The van der Waals surface area contributed by atoms with Gasteiger partial charge in [-0.05, 0) is 5.56 Å². The second-order valence-electron chi connectivity index (χ2n) is 3.34. The minimum Gasteiger partial charge on any atom is -0.481 e. The summed E-state index contributed by atoms with van der Waals surface area (Å²) < 4.78 is 9.76. The lowest BCUT2D eigenvalue weighted by atomic mass is 10.2. The second kappa shape index (κ2) is 7.40. The van der Waals surface area contributed by atoms with Crippen LogP contribution in [-0.2, 0) is 25.7 Å². The normalized spacial score (nSPS) is 9.88. The van der Waals surface area contributed by atoms with Crippen molar-refractivity contribution >= 4 is 11.9 Å². The molecule has 1 aromatic carbocycles. The van der Waals surface area contributed by atoms with Gasteiger partial charge >= 0.3 is 11.9 Å². The van der Waals surface area contributed by atoms with Gasteiger partial charge in [-0.3, -0.25) is 4.79 Å². The third-order valence-corrected chi connectivity index (χ3v) is 1.92. The molecule has 1 rings (SSSR count). The van der Waals surface area contributed by atoms with E-state index in [1.54, 1.807) is 0 Å². The van der Waals surface area contributed by atoms with Gasteiger partial charge in [0.25, 0.3) is 0 Å². The van der Waals surface area contributed by atoms with Gasteiger partial charge in [-0.25, -0.2) is 4.79 Å². The lowest BCUT2D eigenvalue weighted by Crippen LogP contribution is -2.14. The van der Waals surface area contributed by atoms with Crippen LogP contribution in [0.1, 0.15) is 12.0 Å². The number of hydrogen-bond acceptors (Lipinski definition) is 4. The molecular weight excluding hydrogens is 224 g/mol. The summed E-state index contributed by atoms with van der Waals surface area (Å²) in [5.74, 6) is -1.46. The quantitative estimate of drug-likeness (QED) is 0.571. The fourth-order valence-corrected chi connectivity index (χ4v) is 1.09. The van der Waals surface area contributed by atoms with Crippen molar-refractivity contribution in [1.82, 2.24) is 0 Å². The minimum absolute atomic E-state index is 0.00969.